The lowest BCUT2D eigenvalue weighted by Crippen LogP contribution is -2.52. The zero-order valence-electron chi connectivity index (χ0n) is 29.4. The van der Waals surface area contributed by atoms with Gasteiger partial charge in [0.05, 0.1) is 0 Å². The van der Waals surface area contributed by atoms with Crippen LogP contribution in [0.25, 0.3) is 21.5 Å². The van der Waals surface area contributed by atoms with E-state index in [2.05, 4.69) is 51.9 Å². The molecule has 1 aromatic heterocycles. The van der Waals surface area contributed by atoms with Gasteiger partial charge >= 0.3 is 6.09 Å². The zero-order chi connectivity index (χ0) is 35.4. The Balaban J connectivity index is 1.24. The second kappa shape index (κ2) is 14.7. The lowest BCUT2D eigenvalue weighted by atomic mass is 9.94. The van der Waals surface area contributed by atoms with E-state index in [-0.39, 0.29) is 23.8 Å². The number of nitrogens with zero attached hydrogens (tertiary/aromatic N) is 4. The first kappa shape index (κ1) is 34.6. The Kier molecular flexibility index (Phi) is 10.2. The lowest BCUT2D eigenvalue weighted by Gasteiger charge is -2.34. The van der Waals surface area contributed by atoms with Gasteiger partial charge in [-0.3, -0.25) is 9.59 Å². The Morgan fingerprint density at radius 3 is 1.98 bits per heavy atom. The van der Waals surface area contributed by atoms with Gasteiger partial charge < -0.3 is 24.4 Å². The van der Waals surface area contributed by atoms with Crippen LogP contribution in [0.4, 0.5) is 4.79 Å². The summed E-state index contributed by atoms with van der Waals surface area (Å²) in [5.74, 6) is -0.0155. The van der Waals surface area contributed by atoms with Crippen molar-refractivity contribution in [3.05, 3.63) is 108 Å². The smallest absolute Gasteiger partial charge is 0.410 e. The molecule has 1 saturated heterocycles. The summed E-state index contributed by atoms with van der Waals surface area (Å²) in [5, 5.41) is 11.5. The number of carbonyl (C=O) groups excluding carboxylic acids is 3. The van der Waals surface area contributed by atoms with E-state index in [9.17, 15) is 14.4 Å². The summed E-state index contributed by atoms with van der Waals surface area (Å²) in [6, 6.07) is 27.1. The van der Waals surface area contributed by atoms with E-state index in [1.165, 1.54) is 0 Å². The fourth-order valence-electron chi connectivity index (χ4n) is 6.57. The molecule has 2 heterocycles. The molecule has 5 aromatic rings. The van der Waals surface area contributed by atoms with Crippen LogP contribution in [0.2, 0.25) is 0 Å². The number of amides is 3. The molecule has 260 valence electrons. The largest absolute Gasteiger partial charge is 0.444 e. The van der Waals surface area contributed by atoms with Gasteiger partial charge in [-0.25, -0.2) is 4.79 Å². The van der Waals surface area contributed by atoms with E-state index in [0.29, 0.717) is 50.5 Å². The molecule has 0 saturated carbocycles. The number of aromatic nitrogens is 2. The third kappa shape index (κ3) is 8.30. The number of likely N-dealkylation sites (N-methyl/N-ethyl adjacent to an activating group) is 1. The van der Waals surface area contributed by atoms with Crippen LogP contribution in [0.5, 0.6) is 0 Å². The first-order valence-corrected chi connectivity index (χ1v) is 17.2. The summed E-state index contributed by atoms with van der Waals surface area (Å²) >= 11 is 0. The average Bonchev–Trinajstić information content (AvgIpc) is 3.54. The van der Waals surface area contributed by atoms with Gasteiger partial charge in [0.2, 0.25) is 17.7 Å². The van der Waals surface area contributed by atoms with Crippen LogP contribution in [0.3, 0.4) is 0 Å². The number of carbonyl (C=O) groups is 3. The van der Waals surface area contributed by atoms with Crippen molar-refractivity contribution in [3.8, 4) is 0 Å². The van der Waals surface area contributed by atoms with E-state index < -0.39 is 17.7 Å². The molecule has 50 heavy (non-hydrogen) atoms. The first-order chi connectivity index (χ1) is 23.9. The van der Waals surface area contributed by atoms with E-state index in [1.54, 1.807) is 23.8 Å². The Bertz CT molecular complexity index is 1990. The number of nitrogens with one attached hydrogen (secondary N) is 1. The minimum absolute atomic E-state index is 0.207. The predicted octanol–water partition coefficient (Wildman–Crippen LogP) is 6.80. The summed E-state index contributed by atoms with van der Waals surface area (Å²) < 4.78 is 11.2. The highest BCUT2D eigenvalue weighted by molar-refractivity contribution is 5.90. The highest BCUT2D eigenvalue weighted by Gasteiger charge is 2.35. The number of ether oxygens (including phenoxy) is 1. The van der Waals surface area contributed by atoms with Crippen LogP contribution in [-0.2, 0) is 27.2 Å². The summed E-state index contributed by atoms with van der Waals surface area (Å²) in [4.78, 5) is 48.9. The Morgan fingerprint density at radius 1 is 0.880 bits per heavy atom. The van der Waals surface area contributed by atoms with Crippen LogP contribution < -0.4 is 5.32 Å². The van der Waals surface area contributed by atoms with Gasteiger partial charge in [-0.15, -0.1) is 0 Å². The third-order valence-electron chi connectivity index (χ3n) is 9.27. The van der Waals surface area contributed by atoms with Gasteiger partial charge in [-0.05, 0) is 73.2 Å². The van der Waals surface area contributed by atoms with Gasteiger partial charge in [0.25, 0.3) is 0 Å². The molecule has 10 nitrogen and oxygen atoms in total. The molecule has 1 aliphatic heterocycles. The van der Waals surface area contributed by atoms with Gasteiger partial charge in [-0.2, -0.15) is 4.98 Å². The topological polar surface area (TPSA) is 118 Å². The molecule has 4 aromatic carbocycles. The quantitative estimate of drug-likeness (QED) is 0.183. The minimum Gasteiger partial charge on any atom is -0.444 e. The second-order valence-corrected chi connectivity index (χ2v) is 14.2. The molecular weight excluding hydrogens is 630 g/mol. The van der Waals surface area contributed by atoms with Crippen molar-refractivity contribution >= 4 is 39.5 Å². The molecule has 0 aliphatic carbocycles. The number of aryl methyl sites for hydroxylation is 1. The summed E-state index contributed by atoms with van der Waals surface area (Å²) in [5.41, 5.74) is 1.34. The Labute approximate surface area is 292 Å². The second-order valence-electron chi connectivity index (χ2n) is 14.2. The van der Waals surface area contributed by atoms with E-state index in [0.717, 1.165) is 32.7 Å². The summed E-state index contributed by atoms with van der Waals surface area (Å²) in [6.07, 6.45) is 1.31. The van der Waals surface area contributed by atoms with Crippen molar-refractivity contribution in [2.75, 3.05) is 20.1 Å². The van der Waals surface area contributed by atoms with Crippen LogP contribution >= 0.6 is 0 Å². The van der Waals surface area contributed by atoms with Crippen molar-refractivity contribution in [1.29, 1.82) is 0 Å². The Hall–Kier alpha value is -5.25. The fraction of sp³-hybridized carbons (Fsp3) is 0.375. The Morgan fingerprint density at radius 2 is 1.44 bits per heavy atom. The predicted molar refractivity (Wildman–Crippen MR) is 192 cm³/mol. The molecule has 2 atom stereocenters. The number of hydrogen-bond acceptors (Lipinski definition) is 7. The lowest BCUT2D eigenvalue weighted by molar-refractivity contribution is -0.139. The number of hydrogen-bond donors (Lipinski definition) is 1. The molecule has 1 fully saturated rings. The maximum Gasteiger partial charge on any atom is 0.410 e. The summed E-state index contributed by atoms with van der Waals surface area (Å²) in [6.45, 7) is 8.06. The highest BCUT2D eigenvalue weighted by atomic mass is 16.6. The molecule has 10 heteroatoms. The average molecular weight is 676 g/mol. The molecule has 0 spiro atoms. The number of likely N-dealkylation sites (tertiary alicyclic amines) is 1. The maximum atomic E-state index is 14.6. The fourth-order valence-corrected chi connectivity index (χ4v) is 6.57. The third-order valence-corrected chi connectivity index (χ3v) is 9.27. The van der Waals surface area contributed by atoms with Crippen LogP contribution in [0.15, 0.2) is 89.5 Å². The monoisotopic (exact) mass is 675 g/mol. The molecule has 0 radical (unpaired) electrons. The van der Waals surface area contributed by atoms with Crippen LogP contribution in [0.1, 0.15) is 62.5 Å². The first-order valence-electron chi connectivity index (χ1n) is 17.2. The summed E-state index contributed by atoms with van der Waals surface area (Å²) in [7, 11) is 1.73. The number of rotatable bonds is 9. The number of piperidine rings is 1. The van der Waals surface area contributed by atoms with Crippen molar-refractivity contribution in [1.82, 2.24) is 25.3 Å². The molecule has 0 bridgehead atoms. The molecule has 6 rings (SSSR count). The van der Waals surface area contributed by atoms with Gasteiger partial charge in [-0.1, -0.05) is 90.1 Å². The van der Waals surface area contributed by atoms with Crippen molar-refractivity contribution in [2.45, 2.75) is 71.1 Å². The highest BCUT2D eigenvalue weighted by Crippen LogP contribution is 2.27. The van der Waals surface area contributed by atoms with Crippen LogP contribution in [-0.4, -0.2) is 69.6 Å². The number of fused-ring (bicyclic) bond motifs is 2. The molecule has 3 amide bonds. The molecule has 1 N–H and O–H groups in total. The minimum atomic E-state index is -0.860. The standard InChI is InChI=1S/C40H45N5O5/c1-26-41-37(50-43-26)35(25-28-15-17-30-11-7-9-13-33(30)23-28)44(5)38(47)34(24-27-14-16-29-10-6-8-12-32(29)22-27)42-36(46)31-18-20-45(21-19-31)39(48)49-40(2,3)4/h6-17,22-23,31,34-35H,18-21,24-25H2,1-5H3,(H,42,46)/t34?,35-/m1/s1. The van der Waals surface area contributed by atoms with Crippen LogP contribution in [0, 0.1) is 12.8 Å². The van der Waals surface area contributed by atoms with Crippen molar-refractivity contribution in [2.24, 2.45) is 5.92 Å². The van der Waals surface area contributed by atoms with Crippen molar-refractivity contribution < 1.29 is 23.6 Å². The molecule has 1 aliphatic rings. The van der Waals surface area contributed by atoms with E-state index in [1.807, 2.05) is 69.3 Å². The SMILES string of the molecule is Cc1noc([C@@H](Cc2ccc3ccccc3c2)N(C)C(=O)C(Cc2ccc3ccccc3c2)NC(=O)C2CCN(C(=O)OC(C)(C)C)CC2)n1. The van der Waals surface area contributed by atoms with Crippen molar-refractivity contribution in [3.63, 3.8) is 0 Å². The number of benzene rings is 4. The normalized spacial score (nSPS) is 15.1. The molecule has 1 unspecified atom stereocenters. The van der Waals surface area contributed by atoms with Gasteiger partial charge in [0.15, 0.2) is 5.82 Å². The maximum absolute atomic E-state index is 14.6. The zero-order valence-corrected chi connectivity index (χ0v) is 29.4. The van der Waals surface area contributed by atoms with E-state index >= 15 is 0 Å². The van der Waals surface area contributed by atoms with Gasteiger partial charge in [0, 0.05) is 38.9 Å². The van der Waals surface area contributed by atoms with Gasteiger partial charge in [0.1, 0.15) is 17.7 Å². The molecular formula is C40H45N5O5. The van der Waals surface area contributed by atoms with E-state index in [4.69, 9.17) is 9.26 Å².